The summed E-state index contributed by atoms with van der Waals surface area (Å²) in [5, 5.41) is 0. The summed E-state index contributed by atoms with van der Waals surface area (Å²) < 4.78 is 23.7. The third-order valence-electron chi connectivity index (χ3n) is 2.82. The molecule has 0 radical (unpaired) electrons. The van der Waals surface area contributed by atoms with Gasteiger partial charge >= 0.3 is 0 Å². The van der Waals surface area contributed by atoms with Gasteiger partial charge < -0.3 is 10.6 Å². The first-order chi connectivity index (χ1) is 8.86. The molecule has 19 heavy (non-hydrogen) atoms. The summed E-state index contributed by atoms with van der Waals surface area (Å²) in [6.07, 6.45) is 2.10. The molecule has 0 aliphatic heterocycles. The standard InChI is InChI=1S/C14H24N2O2S/c1-12(2)11-16(10-6-9-15)13-7-4-5-8-14(13)19(3,17)18/h4-5,7-8,12H,6,9-11,15H2,1-3H3. The fraction of sp³-hybridized carbons (Fsp3) is 0.571. The van der Waals surface area contributed by atoms with E-state index in [1.165, 1.54) is 6.26 Å². The molecule has 0 spiro atoms. The topological polar surface area (TPSA) is 63.4 Å². The third-order valence-corrected chi connectivity index (χ3v) is 3.97. The second kappa shape index (κ2) is 6.91. The predicted molar refractivity (Wildman–Crippen MR) is 80.3 cm³/mol. The molecule has 0 saturated carbocycles. The third kappa shape index (κ3) is 4.84. The van der Waals surface area contributed by atoms with Crippen LogP contribution in [-0.4, -0.2) is 34.3 Å². The van der Waals surface area contributed by atoms with Gasteiger partial charge in [0, 0.05) is 19.3 Å². The molecule has 0 unspecified atom stereocenters. The largest absolute Gasteiger partial charge is 0.370 e. The van der Waals surface area contributed by atoms with Gasteiger partial charge in [-0.1, -0.05) is 26.0 Å². The van der Waals surface area contributed by atoms with Gasteiger partial charge in [0.1, 0.15) is 0 Å². The fourth-order valence-electron chi connectivity index (χ4n) is 2.06. The lowest BCUT2D eigenvalue weighted by Gasteiger charge is -2.28. The van der Waals surface area contributed by atoms with Gasteiger partial charge in [0.2, 0.25) is 0 Å². The highest BCUT2D eigenvalue weighted by molar-refractivity contribution is 7.90. The molecule has 0 saturated heterocycles. The van der Waals surface area contributed by atoms with Crippen LogP contribution >= 0.6 is 0 Å². The van der Waals surface area contributed by atoms with E-state index in [1.54, 1.807) is 12.1 Å². The van der Waals surface area contributed by atoms with E-state index in [9.17, 15) is 8.42 Å². The molecule has 0 aliphatic carbocycles. The molecule has 1 rings (SSSR count). The number of nitrogens with zero attached hydrogens (tertiary/aromatic N) is 1. The van der Waals surface area contributed by atoms with E-state index in [-0.39, 0.29) is 0 Å². The lowest BCUT2D eigenvalue weighted by molar-refractivity contribution is 0.589. The van der Waals surface area contributed by atoms with Gasteiger partial charge in [0.05, 0.1) is 10.6 Å². The Morgan fingerprint density at radius 3 is 2.42 bits per heavy atom. The summed E-state index contributed by atoms with van der Waals surface area (Å²) in [6, 6.07) is 7.17. The van der Waals surface area contributed by atoms with Crippen LogP contribution in [-0.2, 0) is 9.84 Å². The fourth-order valence-corrected chi connectivity index (χ4v) is 2.97. The van der Waals surface area contributed by atoms with Crippen molar-refractivity contribution >= 4 is 15.5 Å². The van der Waals surface area contributed by atoms with Crippen molar-refractivity contribution in [2.45, 2.75) is 25.2 Å². The van der Waals surface area contributed by atoms with Crippen molar-refractivity contribution < 1.29 is 8.42 Å². The minimum absolute atomic E-state index is 0.396. The number of para-hydroxylation sites is 1. The minimum atomic E-state index is -3.21. The van der Waals surface area contributed by atoms with Crippen LogP contribution < -0.4 is 10.6 Å². The second-order valence-electron chi connectivity index (χ2n) is 5.22. The van der Waals surface area contributed by atoms with E-state index in [0.29, 0.717) is 17.4 Å². The SMILES string of the molecule is CC(C)CN(CCCN)c1ccccc1S(C)(=O)=O. The van der Waals surface area contributed by atoms with E-state index in [4.69, 9.17) is 5.73 Å². The van der Waals surface area contributed by atoms with Crippen LogP contribution in [0.3, 0.4) is 0 Å². The number of nitrogens with two attached hydrogens (primary N) is 1. The van der Waals surface area contributed by atoms with Gasteiger partial charge in [-0.3, -0.25) is 0 Å². The first-order valence-corrected chi connectivity index (χ1v) is 8.49. The van der Waals surface area contributed by atoms with Crippen molar-refractivity contribution in [3.63, 3.8) is 0 Å². The summed E-state index contributed by atoms with van der Waals surface area (Å²) in [7, 11) is -3.21. The van der Waals surface area contributed by atoms with E-state index in [2.05, 4.69) is 18.7 Å². The highest BCUT2D eigenvalue weighted by Crippen LogP contribution is 2.25. The quantitative estimate of drug-likeness (QED) is 0.830. The average Bonchev–Trinajstić information content (AvgIpc) is 2.33. The second-order valence-corrected chi connectivity index (χ2v) is 7.21. The van der Waals surface area contributed by atoms with Crippen molar-refractivity contribution in [1.29, 1.82) is 0 Å². The van der Waals surface area contributed by atoms with E-state index >= 15 is 0 Å². The average molecular weight is 284 g/mol. The monoisotopic (exact) mass is 284 g/mol. The molecule has 0 bridgehead atoms. The maximum absolute atomic E-state index is 11.9. The summed E-state index contributed by atoms with van der Waals surface area (Å²) in [5.41, 5.74) is 6.35. The summed E-state index contributed by atoms with van der Waals surface area (Å²) >= 11 is 0. The molecular formula is C14H24N2O2S. The zero-order valence-corrected chi connectivity index (χ0v) is 12.8. The molecule has 0 heterocycles. The Labute approximate surface area is 116 Å². The molecule has 2 N–H and O–H groups in total. The van der Waals surface area contributed by atoms with Crippen molar-refractivity contribution in [2.24, 2.45) is 11.7 Å². The maximum Gasteiger partial charge on any atom is 0.177 e. The molecule has 0 amide bonds. The van der Waals surface area contributed by atoms with Gasteiger partial charge in [-0.25, -0.2) is 8.42 Å². The molecule has 1 aromatic rings. The molecule has 0 atom stereocenters. The van der Waals surface area contributed by atoms with Gasteiger partial charge in [-0.15, -0.1) is 0 Å². The van der Waals surface area contributed by atoms with Crippen LogP contribution in [0.2, 0.25) is 0 Å². The lowest BCUT2D eigenvalue weighted by atomic mass is 10.1. The van der Waals surface area contributed by atoms with Crippen LogP contribution in [0.4, 0.5) is 5.69 Å². The molecule has 0 aliphatic rings. The number of benzene rings is 1. The van der Waals surface area contributed by atoms with Crippen LogP contribution in [0.15, 0.2) is 29.2 Å². The van der Waals surface area contributed by atoms with Crippen LogP contribution in [0.5, 0.6) is 0 Å². The maximum atomic E-state index is 11.9. The highest BCUT2D eigenvalue weighted by atomic mass is 32.2. The van der Waals surface area contributed by atoms with Crippen LogP contribution in [0.1, 0.15) is 20.3 Å². The van der Waals surface area contributed by atoms with Crippen LogP contribution in [0, 0.1) is 5.92 Å². The van der Waals surface area contributed by atoms with Crippen LogP contribution in [0.25, 0.3) is 0 Å². The summed E-state index contributed by atoms with van der Waals surface area (Å²) in [6.45, 7) is 6.46. The number of rotatable bonds is 7. The molecular weight excluding hydrogens is 260 g/mol. The molecule has 4 nitrogen and oxygen atoms in total. The molecule has 108 valence electrons. The number of sulfone groups is 1. The summed E-state index contributed by atoms with van der Waals surface area (Å²) in [4.78, 5) is 2.51. The zero-order chi connectivity index (χ0) is 14.5. The van der Waals surface area contributed by atoms with E-state index in [0.717, 1.165) is 25.2 Å². The summed E-state index contributed by atoms with van der Waals surface area (Å²) in [5.74, 6) is 0.463. The van der Waals surface area contributed by atoms with Crippen molar-refractivity contribution in [1.82, 2.24) is 0 Å². The first-order valence-electron chi connectivity index (χ1n) is 6.60. The number of anilines is 1. The van der Waals surface area contributed by atoms with E-state index < -0.39 is 9.84 Å². The van der Waals surface area contributed by atoms with Gasteiger partial charge in [-0.05, 0) is 31.0 Å². The van der Waals surface area contributed by atoms with Crippen molar-refractivity contribution in [3.05, 3.63) is 24.3 Å². The van der Waals surface area contributed by atoms with E-state index in [1.807, 2.05) is 12.1 Å². The Bertz CT molecular complexity index is 498. The predicted octanol–water partition coefficient (Wildman–Crippen LogP) is 1.90. The highest BCUT2D eigenvalue weighted by Gasteiger charge is 2.18. The van der Waals surface area contributed by atoms with Gasteiger partial charge in [0.15, 0.2) is 9.84 Å². The normalized spacial score (nSPS) is 11.8. The van der Waals surface area contributed by atoms with Gasteiger partial charge in [-0.2, -0.15) is 0 Å². The lowest BCUT2D eigenvalue weighted by Crippen LogP contribution is -2.31. The molecule has 0 fully saturated rings. The van der Waals surface area contributed by atoms with Crippen molar-refractivity contribution in [2.75, 3.05) is 30.8 Å². The number of hydrogen-bond donors (Lipinski definition) is 1. The Hall–Kier alpha value is -1.07. The minimum Gasteiger partial charge on any atom is -0.370 e. The Balaban J connectivity index is 3.14. The Morgan fingerprint density at radius 1 is 1.26 bits per heavy atom. The first kappa shape index (κ1) is 16.0. The Kier molecular flexibility index (Phi) is 5.82. The number of hydrogen-bond acceptors (Lipinski definition) is 4. The molecule has 5 heteroatoms. The smallest absolute Gasteiger partial charge is 0.177 e. The Morgan fingerprint density at radius 2 is 1.89 bits per heavy atom. The van der Waals surface area contributed by atoms with Gasteiger partial charge in [0.25, 0.3) is 0 Å². The molecule has 1 aromatic carbocycles. The molecule has 0 aromatic heterocycles. The van der Waals surface area contributed by atoms with Crippen molar-refractivity contribution in [3.8, 4) is 0 Å². The zero-order valence-electron chi connectivity index (χ0n) is 12.0.